The third-order valence-electron chi connectivity index (χ3n) is 4.33. The third-order valence-corrected chi connectivity index (χ3v) is 4.33. The van der Waals surface area contributed by atoms with Gasteiger partial charge in [0.2, 0.25) is 5.91 Å². The number of alkyl halides is 3. The topological polar surface area (TPSA) is 118 Å². The molecule has 0 unspecified atom stereocenters. The van der Waals surface area contributed by atoms with Crippen LogP contribution in [0.3, 0.4) is 0 Å². The van der Waals surface area contributed by atoms with Crippen molar-refractivity contribution in [3.8, 4) is 0 Å². The summed E-state index contributed by atoms with van der Waals surface area (Å²) in [6.45, 7) is 2.86. The van der Waals surface area contributed by atoms with Crippen LogP contribution in [0.25, 0.3) is 11.0 Å². The number of hydrogen-bond acceptors (Lipinski definition) is 5. The Balaban J connectivity index is 1.54. The van der Waals surface area contributed by atoms with Gasteiger partial charge in [0.25, 0.3) is 5.91 Å². The zero-order valence-electron chi connectivity index (χ0n) is 16.8. The van der Waals surface area contributed by atoms with E-state index in [9.17, 15) is 22.8 Å². The van der Waals surface area contributed by atoms with Crippen molar-refractivity contribution in [3.63, 3.8) is 0 Å². The highest BCUT2D eigenvalue weighted by Crippen LogP contribution is 2.21. The zero-order chi connectivity index (χ0) is 22.4. The van der Waals surface area contributed by atoms with Crippen LogP contribution in [0.15, 0.2) is 24.4 Å². The van der Waals surface area contributed by atoms with Crippen LogP contribution in [-0.4, -0.2) is 43.0 Å². The highest BCUT2D eigenvalue weighted by molar-refractivity contribution is 5.91. The second-order valence-corrected chi connectivity index (χ2v) is 6.94. The Morgan fingerprint density at radius 1 is 1.19 bits per heavy atom. The van der Waals surface area contributed by atoms with Crippen LogP contribution in [0.4, 0.5) is 13.2 Å². The highest BCUT2D eigenvalue weighted by Gasteiger charge is 2.27. The van der Waals surface area contributed by atoms with E-state index >= 15 is 0 Å². The minimum atomic E-state index is -4.36. The number of aromatic amines is 1. The van der Waals surface area contributed by atoms with Crippen LogP contribution >= 0.6 is 0 Å². The van der Waals surface area contributed by atoms with Crippen LogP contribution < -0.4 is 10.6 Å². The van der Waals surface area contributed by atoms with E-state index in [0.717, 1.165) is 6.42 Å². The van der Waals surface area contributed by atoms with E-state index < -0.39 is 24.9 Å². The fourth-order valence-corrected chi connectivity index (χ4v) is 2.81. The minimum absolute atomic E-state index is 0.102. The lowest BCUT2D eigenvalue weighted by Crippen LogP contribution is -2.24. The maximum absolute atomic E-state index is 12.2. The number of amides is 2. The van der Waals surface area contributed by atoms with Gasteiger partial charge in [-0.1, -0.05) is 13.0 Å². The van der Waals surface area contributed by atoms with Gasteiger partial charge >= 0.3 is 6.18 Å². The lowest BCUT2D eigenvalue weighted by atomic mass is 10.2. The number of carbonyl (C=O) groups excluding carboxylic acids is 2. The second-order valence-electron chi connectivity index (χ2n) is 6.94. The molecule has 0 spiro atoms. The van der Waals surface area contributed by atoms with Gasteiger partial charge in [0.15, 0.2) is 5.69 Å². The molecule has 0 aliphatic heterocycles. The van der Waals surface area contributed by atoms with Gasteiger partial charge in [-0.25, -0.2) is 4.98 Å². The van der Waals surface area contributed by atoms with Gasteiger partial charge in [-0.3, -0.25) is 9.59 Å². The summed E-state index contributed by atoms with van der Waals surface area (Å²) in [5, 5.41) is 13.3. The smallest absolute Gasteiger partial charge is 0.352 e. The number of aryl methyl sites for hydroxylation is 1. The fourth-order valence-electron chi connectivity index (χ4n) is 2.81. The highest BCUT2D eigenvalue weighted by atomic mass is 19.4. The van der Waals surface area contributed by atoms with Crippen molar-refractivity contribution in [2.75, 3.05) is 0 Å². The van der Waals surface area contributed by atoms with E-state index in [0.29, 0.717) is 29.0 Å². The molecule has 12 heteroatoms. The normalized spacial score (nSPS) is 11.6. The molecule has 0 saturated carbocycles. The Labute approximate surface area is 175 Å². The average Bonchev–Trinajstić information content (AvgIpc) is 3.35. The van der Waals surface area contributed by atoms with Crippen molar-refractivity contribution in [3.05, 3.63) is 41.5 Å². The summed E-state index contributed by atoms with van der Waals surface area (Å²) in [7, 11) is 0. The number of halogens is 3. The molecule has 3 rings (SSSR count). The van der Waals surface area contributed by atoms with E-state index in [2.05, 4.69) is 30.8 Å². The van der Waals surface area contributed by atoms with Gasteiger partial charge in [-0.05, 0) is 24.1 Å². The van der Waals surface area contributed by atoms with Gasteiger partial charge in [-0.2, -0.15) is 23.1 Å². The molecule has 0 aliphatic carbocycles. The van der Waals surface area contributed by atoms with Crippen LogP contribution in [0.2, 0.25) is 0 Å². The first-order valence-corrected chi connectivity index (χ1v) is 9.73. The number of rotatable bonds is 9. The van der Waals surface area contributed by atoms with Gasteiger partial charge in [0.1, 0.15) is 5.82 Å². The molecule has 0 bridgehead atoms. The number of carbonyl (C=O) groups is 2. The molecule has 1 aromatic carbocycles. The number of benzene rings is 1. The predicted octanol–water partition coefficient (Wildman–Crippen LogP) is 2.45. The molecule has 9 nitrogen and oxygen atoms in total. The Morgan fingerprint density at radius 2 is 2.00 bits per heavy atom. The molecule has 0 saturated heterocycles. The minimum Gasteiger partial charge on any atom is -0.352 e. The average molecular weight is 437 g/mol. The number of nitrogens with zero attached hydrogens (tertiary/aromatic N) is 4. The maximum Gasteiger partial charge on any atom is 0.389 e. The molecule has 2 amide bonds. The molecule has 2 aromatic heterocycles. The Kier molecular flexibility index (Phi) is 6.88. The lowest BCUT2D eigenvalue weighted by molar-refractivity contribution is -0.144. The SMILES string of the molecule is CCCn1ncc(C(=O)NCc2nc3ccc(CNC(=O)CCC(F)(F)F)cc3[nH]2)n1. The van der Waals surface area contributed by atoms with Crippen LogP contribution in [0.1, 0.15) is 48.1 Å². The van der Waals surface area contributed by atoms with Crippen molar-refractivity contribution in [2.45, 2.75) is 52.0 Å². The molecule has 0 radical (unpaired) electrons. The summed E-state index contributed by atoms with van der Waals surface area (Å²) in [6.07, 6.45) is -3.86. The van der Waals surface area contributed by atoms with E-state index in [-0.39, 0.29) is 24.7 Å². The summed E-state index contributed by atoms with van der Waals surface area (Å²) in [6, 6.07) is 5.19. The number of H-pyrrole nitrogens is 1. The standard InChI is InChI=1S/C19H22F3N7O2/c1-2-7-29-25-10-15(28-29)18(31)24-11-16-26-13-4-3-12(8-14(13)27-16)9-23-17(30)5-6-19(20,21)22/h3-4,8,10H,2,5-7,9,11H2,1H3,(H,23,30)(H,24,31)(H,26,27). The maximum atomic E-state index is 12.2. The fraction of sp³-hybridized carbons (Fsp3) is 0.421. The predicted molar refractivity (Wildman–Crippen MR) is 105 cm³/mol. The van der Waals surface area contributed by atoms with Crippen molar-refractivity contribution < 1.29 is 22.8 Å². The third kappa shape index (κ3) is 6.52. The Bertz CT molecular complexity index is 1060. The van der Waals surface area contributed by atoms with Gasteiger partial charge in [-0.15, -0.1) is 5.10 Å². The van der Waals surface area contributed by atoms with Crippen LogP contribution in [-0.2, 0) is 24.4 Å². The van der Waals surface area contributed by atoms with Gasteiger partial charge in [0, 0.05) is 13.0 Å². The Morgan fingerprint density at radius 3 is 2.74 bits per heavy atom. The lowest BCUT2D eigenvalue weighted by Gasteiger charge is -2.07. The van der Waals surface area contributed by atoms with Crippen LogP contribution in [0.5, 0.6) is 0 Å². The number of imidazole rings is 1. The van der Waals surface area contributed by atoms with Gasteiger partial charge in [0.05, 0.1) is 36.7 Å². The molecule has 3 aromatic rings. The second kappa shape index (κ2) is 9.58. The van der Waals surface area contributed by atoms with E-state index in [1.165, 1.54) is 11.0 Å². The summed E-state index contributed by atoms with van der Waals surface area (Å²) < 4.78 is 36.5. The molecule has 2 heterocycles. The molecule has 0 fully saturated rings. The zero-order valence-corrected chi connectivity index (χ0v) is 16.8. The summed E-state index contributed by atoms with van der Waals surface area (Å²) in [4.78, 5) is 32.7. The molecule has 0 atom stereocenters. The van der Waals surface area contributed by atoms with Crippen molar-refractivity contribution in [1.82, 2.24) is 35.6 Å². The van der Waals surface area contributed by atoms with Gasteiger partial charge < -0.3 is 15.6 Å². The molecule has 166 valence electrons. The van der Waals surface area contributed by atoms with Crippen molar-refractivity contribution in [1.29, 1.82) is 0 Å². The Hall–Kier alpha value is -3.44. The molecule has 0 aliphatic rings. The van der Waals surface area contributed by atoms with Crippen molar-refractivity contribution in [2.24, 2.45) is 0 Å². The van der Waals surface area contributed by atoms with Crippen LogP contribution in [0, 0.1) is 0 Å². The first kappa shape index (κ1) is 22.2. The largest absolute Gasteiger partial charge is 0.389 e. The quantitative estimate of drug-likeness (QED) is 0.475. The molecular formula is C19H22F3N7O2. The van der Waals surface area contributed by atoms with Crippen molar-refractivity contribution >= 4 is 22.8 Å². The number of fused-ring (bicyclic) bond motifs is 1. The molecule has 3 N–H and O–H groups in total. The first-order valence-electron chi connectivity index (χ1n) is 9.73. The van der Waals surface area contributed by atoms with E-state index in [1.807, 2.05) is 6.92 Å². The number of nitrogens with one attached hydrogen (secondary N) is 3. The summed E-state index contributed by atoms with van der Waals surface area (Å²) in [5.74, 6) is -0.512. The molecule has 31 heavy (non-hydrogen) atoms. The first-order chi connectivity index (χ1) is 14.7. The monoisotopic (exact) mass is 437 g/mol. The summed E-state index contributed by atoms with van der Waals surface area (Å²) >= 11 is 0. The summed E-state index contributed by atoms with van der Waals surface area (Å²) in [5.41, 5.74) is 2.26. The number of hydrogen-bond donors (Lipinski definition) is 3. The van der Waals surface area contributed by atoms with E-state index in [1.54, 1.807) is 18.2 Å². The number of aromatic nitrogens is 5. The van der Waals surface area contributed by atoms with E-state index in [4.69, 9.17) is 0 Å². The molecular weight excluding hydrogens is 415 g/mol.